The Kier molecular flexibility index (Phi) is 3.46. The summed E-state index contributed by atoms with van der Waals surface area (Å²) in [6, 6.07) is 5.41. The lowest BCUT2D eigenvalue weighted by atomic mass is 10.3. The monoisotopic (exact) mass is 286 g/mol. The molecule has 0 radical (unpaired) electrons. The van der Waals surface area contributed by atoms with Crippen LogP contribution in [-0.4, -0.2) is 21.3 Å². The number of hydrogen-bond acceptors (Lipinski definition) is 7. The van der Waals surface area contributed by atoms with E-state index < -0.39 is 12.1 Å². The molecular formula is C10H9F3N6O. The zero-order chi connectivity index (χ0) is 14.8. The number of aromatic nitrogens is 3. The summed E-state index contributed by atoms with van der Waals surface area (Å²) in [6.45, 7) is 0. The minimum atomic E-state index is -4.81. The second kappa shape index (κ2) is 5.07. The fourth-order valence-electron chi connectivity index (χ4n) is 1.37. The highest BCUT2D eigenvalue weighted by Gasteiger charge is 2.32. The van der Waals surface area contributed by atoms with E-state index in [4.69, 9.17) is 11.5 Å². The largest absolute Gasteiger partial charge is 0.573 e. The van der Waals surface area contributed by atoms with E-state index in [9.17, 15) is 13.2 Å². The number of nitrogens with one attached hydrogen (secondary N) is 1. The molecule has 0 aliphatic heterocycles. The van der Waals surface area contributed by atoms with Crippen LogP contribution in [0.1, 0.15) is 0 Å². The Bertz CT molecular complexity index is 598. The SMILES string of the molecule is Nc1nc(N)nc(Nc2ccccc2OC(F)(F)F)n1. The average molecular weight is 286 g/mol. The molecule has 20 heavy (non-hydrogen) atoms. The molecule has 0 spiro atoms. The third-order valence-corrected chi connectivity index (χ3v) is 2.03. The molecule has 0 aliphatic rings. The maximum Gasteiger partial charge on any atom is 0.573 e. The topological polar surface area (TPSA) is 112 Å². The quantitative estimate of drug-likeness (QED) is 0.786. The maximum atomic E-state index is 12.3. The van der Waals surface area contributed by atoms with Crippen molar-refractivity contribution in [1.29, 1.82) is 0 Å². The first-order valence-electron chi connectivity index (χ1n) is 5.22. The number of anilines is 4. The van der Waals surface area contributed by atoms with Crippen molar-refractivity contribution in [2.75, 3.05) is 16.8 Å². The second-order valence-electron chi connectivity index (χ2n) is 3.54. The molecular weight excluding hydrogens is 277 g/mol. The predicted molar refractivity (Wildman–Crippen MR) is 65.1 cm³/mol. The van der Waals surface area contributed by atoms with Gasteiger partial charge in [-0.05, 0) is 12.1 Å². The summed E-state index contributed by atoms with van der Waals surface area (Å²) in [5, 5.41) is 2.53. The summed E-state index contributed by atoms with van der Waals surface area (Å²) in [7, 11) is 0. The molecule has 106 valence electrons. The van der Waals surface area contributed by atoms with Crippen molar-refractivity contribution in [2.24, 2.45) is 0 Å². The van der Waals surface area contributed by atoms with Crippen molar-refractivity contribution < 1.29 is 17.9 Å². The van der Waals surface area contributed by atoms with Gasteiger partial charge >= 0.3 is 6.36 Å². The Hall–Kier alpha value is -2.78. The zero-order valence-corrected chi connectivity index (χ0v) is 9.85. The van der Waals surface area contributed by atoms with Crippen LogP contribution >= 0.6 is 0 Å². The van der Waals surface area contributed by atoms with Gasteiger partial charge in [0.25, 0.3) is 0 Å². The van der Waals surface area contributed by atoms with Crippen molar-refractivity contribution in [3.05, 3.63) is 24.3 Å². The van der Waals surface area contributed by atoms with E-state index in [2.05, 4.69) is 25.0 Å². The number of alkyl halides is 3. The molecule has 0 unspecified atom stereocenters. The molecule has 1 aromatic heterocycles. The Morgan fingerprint density at radius 3 is 2.20 bits per heavy atom. The fraction of sp³-hybridized carbons (Fsp3) is 0.100. The van der Waals surface area contributed by atoms with E-state index >= 15 is 0 Å². The summed E-state index contributed by atoms with van der Waals surface area (Å²) in [4.78, 5) is 10.9. The molecule has 10 heteroatoms. The fourth-order valence-corrected chi connectivity index (χ4v) is 1.37. The summed E-state index contributed by atoms with van der Waals surface area (Å²) >= 11 is 0. The van der Waals surface area contributed by atoms with Gasteiger partial charge in [0.05, 0.1) is 5.69 Å². The second-order valence-corrected chi connectivity index (χ2v) is 3.54. The summed E-state index contributed by atoms with van der Waals surface area (Å²) in [5.41, 5.74) is 10.7. The van der Waals surface area contributed by atoms with E-state index in [0.29, 0.717) is 0 Å². The number of benzene rings is 1. The number of halogens is 3. The van der Waals surface area contributed by atoms with Gasteiger partial charge in [0.15, 0.2) is 5.75 Å². The molecule has 5 N–H and O–H groups in total. The minimum absolute atomic E-state index is 0.00910. The third kappa shape index (κ3) is 3.60. The molecule has 1 heterocycles. The smallest absolute Gasteiger partial charge is 0.404 e. The van der Waals surface area contributed by atoms with Crippen LogP contribution in [0.25, 0.3) is 0 Å². The van der Waals surface area contributed by atoms with Gasteiger partial charge in [-0.2, -0.15) is 15.0 Å². The highest BCUT2D eigenvalue weighted by Crippen LogP contribution is 2.31. The third-order valence-electron chi connectivity index (χ3n) is 2.03. The number of nitrogen functional groups attached to an aromatic ring is 2. The lowest BCUT2D eigenvalue weighted by molar-refractivity contribution is -0.274. The average Bonchev–Trinajstić information content (AvgIpc) is 2.28. The Morgan fingerprint density at radius 2 is 1.60 bits per heavy atom. The van der Waals surface area contributed by atoms with Crippen molar-refractivity contribution in [1.82, 2.24) is 15.0 Å². The van der Waals surface area contributed by atoms with Crippen molar-refractivity contribution in [3.8, 4) is 5.75 Å². The van der Waals surface area contributed by atoms with Crippen LogP contribution in [0.5, 0.6) is 5.75 Å². The van der Waals surface area contributed by atoms with Crippen LogP contribution in [0.15, 0.2) is 24.3 Å². The lowest BCUT2D eigenvalue weighted by Gasteiger charge is -2.13. The molecule has 2 aromatic rings. The number of nitrogens with two attached hydrogens (primary N) is 2. The zero-order valence-electron chi connectivity index (χ0n) is 9.85. The van der Waals surface area contributed by atoms with Crippen LogP contribution in [0, 0.1) is 0 Å². The van der Waals surface area contributed by atoms with Crippen molar-refractivity contribution >= 4 is 23.5 Å². The minimum Gasteiger partial charge on any atom is -0.404 e. The van der Waals surface area contributed by atoms with Gasteiger partial charge in [0.1, 0.15) is 0 Å². The number of hydrogen-bond donors (Lipinski definition) is 3. The molecule has 7 nitrogen and oxygen atoms in total. The van der Waals surface area contributed by atoms with Gasteiger partial charge < -0.3 is 21.5 Å². The Balaban J connectivity index is 2.29. The lowest BCUT2D eigenvalue weighted by Crippen LogP contribution is -2.18. The maximum absolute atomic E-state index is 12.3. The van der Waals surface area contributed by atoms with Crippen molar-refractivity contribution in [2.45, 2.75) is 6.36 Å². The molecule has 2 rings (SSSR count). The van der Waals surface area contributed by atoms with E-state index in [1.54, 1.807) is 0 Å². The normalized spacial score (nSPS) is 11.2. The van der Waals surface area contributed by atoms with Crippen LogP contribution in [0.4, 0.5) is 36.7 Å². The molecule has 0 saturated heterocycles. The first-order chi connectivity index (χ1) is 9.33. The highest BCUT2D eigenvalue weighted by molar-refractivity contribution is 5.63. The van der Waals surface area contributed by atoms with E-state index in [1.807, 2.05) is 0 Å². The first kappa shape index (κ1) is 13.6. The Labute approximate surface area is 110 Å². The number of ether oxygens (including phenoxy) is 1. The number of para-hydroxylation sites is 2. The van der Waals surface area contributed by atoms with Gasteiger partial charge in [0, 0.05) is 0 Å². The standard InChI is InChI=1S/C10H9F3N6O/c11-10(12,13)20-6-4-2-1-3-5(6)16-9-18-7(14)17-8(15)19-9/h1-4H,(H5,14,15,16,17,18,19). The summed E-state index contributed by atoms with van der Waals surface area (Å²) in [6.07, 6.45) is -4.81. The van der Waals surface area contributed by atoms with Crippen LogP contribution in [-0.2, 0) is 0 Å². The molecule has 0 atom stereocenters. The molecule has 0 aliphatic carbocycles. The van der Waals surface area contributed by atoms with E-state index in [1.165, 1.54) is 18.2 Å². The summed E-state index contributed by atoms with van der Waals surface area (Å²) in [5.74, 6) is -0.839. The number of rotatable bonds is 3. The van der Waals surface area contributed by atoms with Crippen LogP contribution in [0.3, 0.4) is 0 Å². The van der Waals surface area contributed by atoms with Gasteiger partial charge in [0.2, 0.25) is 17.8 Å². The van der Waals surface area contributed by atoms with E-state index in [0.717, 1.165) is 6.07 Å². The molecule has 0 saturated carbocycles. The van der Waals surface area contributed by atoms with Gasteiger partial charge in [-0.15, -0.1) is 13.2 Å². The van der Waals surface area contributed by atoms with E-state index in [-0.39, 0.29) is 23.5 Å². The molecule has 1 aromatic carbocycles. The molecule has 0 fully saturated rings. The first-order valence-corrected chi connectivity index (χ1v) is 5.22. The van der Waals surface area contributed by atoms with Crippen LogP contribution in [0.2, 0.25) is 0 Å². The number of nitrogens with zero attached hydrogens (tertiary/aromatic N) is 3. The van der Waals surface area contributed by atoms with Crippen molar-refractivity contribution in [3.63, 3.8) is 0 Å². The van der Waals surface area contributed by atoms with Gasteiger partial charge in [-0.1, -0.05) is 12.1 Å². The molecule has 0 amide bonds. The highest BCUT2D eigenvalue weighted by atomic mass is 19.4. The van der Waals surface area contributed by atoms with Gasteiger partial charge in [-0.3, -0.25) is 0 Å². The van der Waals surface area contributed by atoms with Crippen LogP contribution < -0.4 is 21.5 Å². The molecule has 0 bridgehead atoms. The predicted octanol–water partition coefficient (Wildman–Crippen LogP) is 1.68. The Morgan fingerprint density at radius 1 is 1.00 bits per heavy atom. The summed E-state index contributed by atoms with van der Waals surface area (Å²) < 4.78 is 40.6. The van der Waals surface area contributed by atoms with Gasteiger partial charge in [-0.25, -0.2) is 0 Å².